The summed E-state index contributed by atoms with van der Waals surface area (Å²) >= 11 is 1.85. The van der Waals surface area contributed by atoms with Crippen LogP contribution in [0.2, 0.25) is 0 Å². The minimum atomic E-state index is 0.0860. The van der Waals surface area contributed by atoms with Crippen molar-refractivity contribution in [1.82, 2.24) is 4.57 Å². The van der Waals surface area contributed by atoms with Crippen molar-refractivity contribution in [3.8, 4) is 5.69 Å². The van der Waals surface area contributed by atoms with Crippen molar-refractivity contribution >= 4 is 114 Å². The molecule has 0 radical (unpaired) electrons. The number of aromatic nitrogens is 1. The van der Waals surface area contributed by atoms with E-state index in [1.807, 2.05) is 17.4 Å². The van der Waals surface area contributed by atoms with Crippen LogP contribution in [0.1, 0.15) is 30.0 Å². The van der Waals surface area contributed by atoms with E-state index in [0.29, 0.717) is 5.84 Å². The van der Waals surface area contributed by atoms with Crippen LogP contribution in [0, 0.1) is 5.92 Å². The van der Waals surface area contributed by atoms with Gasteiger partial charge in [0.1, 0.15) is 11.2 Å². The summed E-state index contributed by atoms with van der Waals surface area (Å²) in [6.45, 7) is 2.32. The maximum Gasteiger partial charge on any atom is 0.160 e. The lowest BCUT2D eigenvalue weighted by atomic mass is 9.92. The Labute approximate surface area is 361 Å². The van der Waals surface area contributed by atoms with Gasteiger partial charge < -0.3 is 8.98 Å². The lowest BCUT2D eigenvalue weighted by molar-refractivity contribution is 0.668. The van der Waals surface area contributed by atoms with Crippen LogP contribution in [0.25, 0.3) is 96.8 Å². The highest BCUT2D eigenvalue weighted by atomic mass is 32.1. The molecule has 4 nitrogen and oxygen atoms in total. The van der Waals surface area contributed by atoms with Crippen molar-refractivity contribution in [2.75, 3.05) is 0 Å². The molecular weight excluding hydrogens is 775 g/mol. The van der Waals surface area contributed by atoms with Crippen LogP contribution in [0.3, 0.4) is 0 Å². The van der Waals surface area contributed by atoms with Crippen molar-refractivity contribution in [3.63, 3.8) is 0 Å². The zero-order valence-electron chi connectivity index (χ0n) is 33.8. The van der Waals surface area contributed by atoms with Gasteiger partial charge in [0.05, 0.1) is 28.1 Å². The molecule has 4 heterocycles. The van der Waals surface area contributed by atoms with Crippen molar-refractivity contribution in [2.45, 2.75) is 13.3 Å². The van der Waals surface area contributed by atoms with Crippen LogP contribution in [0.4, 0.5) is 0 Å². The lowest BCUT2D eigenvalue weighted by Crippen LogP contribution is -2.17. The van der Waals surface area contributed by atoms with E-state index in [4.69, 9.17) is 14.4 Å². The van der Waals surface area contributed by atoms with Gasteiger partial charge in [0.25, 0.3) is 0 Å². The fraction of sp³-hybridized carbons (Fsp3) is 0.0526. The molecule has 5 heteroatoms. The Kier molecular flexibility index (Phi) is 7.78. The largest absolute Gasteiger partial charge is 0.456 e. The Balaban J connectivity index is 1.12. The highest BCUT2D eigenvalue weighted by Crippen LogP contribution is 2.42. The van der Waals surface area contributed by atoms with Gasteiger partial charge in [-0.05, 0) is 64.4 Å². The summed E-state index contributed by atoms with van der Waals surface area (Å²) in [7, 11) is 0. The van der Waals surface area contributed by atoms with Crippen LogP contribution >= 0.6 is 11.3 Å². The third-order valence-electron chi connectivity index (χ3n) is 12.8. The molecule has 0 fully saturated rings. The summed E-state index contributed by atoms with van der Waals surface area (Å²) in [6, 6.07) is 65.4. The minimum absolute atomic E-state index is 0.0860. The molecule has 0 aliphatic carbocycles. The Bertz CT molecular complexity index is 3930. The molecule has 292 valence electrons. The molecule has 62 heavy (non-hydrogen) atoms. The van der Waals surface area contributed by atoms with E-state index >= 15 is 0 Å². The Morgan fingerprint density at radius 1 is 0.500 bits per heavy atom. The molecule has 0 N–H and O–H groups in total. The third-order valence-corrected chi connectivity index (χ3v) is 14.1. The number of hydrogen-bond donors (Lipinski definition) is 0. The zero-order chi connectivity index (χ0) is 40.9. The van der Waals surface area contributed by atoms with Gasteiger partial charge in [-0.1, -0.05) is 153 Å². The third kappa shape index (κ3) is 5.38. The van der Waals surface area contributed by atoms with Crippen molar-refractivity contribution in [2.24, 2.45) is 15.9 Å². The van der Waals surface area contributed by atoms with Crippen molar-refractivity contribution < 1.29 is 4.42 Å². The number of amidine groups is 1. The van der Waals surface area contributed by atoms with Gasteiger partial charge in [0.15, 0.2) is 5.84 Å². The Hall–Kier alpha value is -7.60. The standard InChI is InChI=1S/C57H37N3OS/c1-34-28-29-48(58-57(43-23-12-17-35-14-4-5-18-38(35)43)59-55(34)44-24-13-22-42-41-21-8-11-27-54(41)62-56(42)44)47-32-46-40-20-7-10-26-52(40)61-53(46)33-51(47)60-49-25-9-6-19-39(49)45-30-36-15-2-3-16-37(36)31-50(45)60/h2-27,29-34H,28H2,1H3/b48-29+,58-57-,59-55+. The van der Waals surface area contributed by atoms with E-state index in [0.717, 1.165) is 78.4 Å². The first-order valence-corrected chi connectivity index (χ1v) is 22.1. The lowest BCUT2D eigenvalue weighted by Gasteiger charge is -2.21. The number of rotatable bonds is 4. The number of allylic oxidation sites excluding steroid dienone is 1. The zero-order valence-corrected chi connectivity index (χ0v) is 34.7. The SMILES string of the molecule is CC1C/C=C(c2cc3c(cc2-n2c4ccccc4c4cc5ccccc5cc42)oc2ccccc23)/N=C(c2cccc3ccccc23)\N=C/1c1cccc2c1sc1ccccc12. The van der Waals surface area contributed by atoms with Gasteiger partial charge in [-0.15, -0.1) is 11.3 Å². The quantitative estimate of drug-likeness (QED) is 0.175. The summed E-state index contributed by atoms with van der Waals surface area (Å²) in [6.07, 6.45) is 3.11. The van der Waals surface area contributed by atoms with E-state index in [2.05, 4.69) is 193 Å². The topological polar surface area (TPSA) is 42.8 Å². The second-order valence-electron chi connectivity index (χ2n) is 16.5. The average Bonchev–Trinajstić information content (AvgIpc) is 3.98. The fourth-order valence-electron chi connectivity index (χ4n) is 9.86. The predicted octanol–water partition coefficient (Wildman–Crippen LogP) is 15.7. The number of para-hydroxylation sites is 2. The first kappa shape index (κ1) is 35.2. The molecule has 0 bridgehead atoms. The molecule has 0 saturated heterocycles. The summed E-state index contributed by atoms with van der Waals surface area (Å²) in [5.74, 6) is 0.784. The molecular formula is C57H37N3OS. The monoisotopic (exact) mass is 811 g/mol. The van der Waals surface area contributed by atoms with Gasteiger partial charge >= 0.3 is 0 Å². The number of fused-ring (bicyclic) bond motifs is 11. The molecule has 3 aromatic heterocycles. The minimum Gasteiger partial charge on any atom is -0.456 e. The van der Waals surface area contributed by atoms with E-state index in [9.17, 15) is 0 Å². The second-order valence-corrected chi connectivity index (χ2v) is 17.6. The Morgan fingerprint density at radius 2 is 1.18 bits per heavy atom. The van der Waals surface area contributed by atoms with E-state index < -0.39 is 0 Å². The second kappa shape index (κ2) is 13.7. The number of furan rings is 1. The molecule has 1 aliphatic heterocycles. The van der Waals surface area contributed by atoms with Crippen LogP contribution in [0.5, 0.6) is 0 Å². The molecule has 1 unspecified atom stereocenters. The molecule has 1 aliphatic rings. The van der Waals surface area contributed by atoms with E-state index in [-0.39, 0.29) is 5.92 Å². The van der Waals surface area contributed by atoms with Gasteiger partial charge in [-0.25, -0.2) is 9.98 Å². The molecule has 0 saturated carbocycles. The maximum absolute atomic E-state index is 6.66. The molecule has 0 amide bonds. The van der Waals surface area contributed by atoms with Gasteiger partial charge in [-0.3, -0.25) is 0 Å². The molecule has 12 aromatic rings. The van der Waals surface area contributed by atoms with Crippen molar-refractivity contribution in [1.29, 1.82) is 0 Å². The summed E-state index contributed by atoms with van der Waals surface area (Å²) < 4.78 is 11.6. The first-order valence-electron chi connectivity index (χ1n) is 21.3. The Morgan fingerprint density at radius 3 is 2.06 bits per heavy atom. The maximum atomic E-state index is 6.66. The first-order chi connectivity index (χ1) is 30.6. The van der Waals surface area contributed by atoms with Gasteiger partial charge in [0.2, 0.25) is 0 Å². The van der Waals surface area contributed by atoms with Gasteiger partial charge in [0, 0.05) is 70.4 Å². The van der Waals surface area contributed by atoms with Crippen LogP contribution in [0.15, 0.2) is 202 Å². The predicted molar refractivity (Wildman–Crippen MR) is 264 cm³/mol. The highest BCUT2D eigenvalue weighted by Gasteiger charge is 2.25. The summed E-state index contributed by atoms with van der Waals surface area (Å²) in [4.78, 5) is 11.5. The smallest absolute Gasteiger partial charge is 0.160 e. The number of benzene rings is 9. The molecule has 1 atom stereocenters. The number of thiophene rings is 1. The summed E-state index contributed by atoms with van der Waals surface area (Å²) in [5, 5.41) is 11.8. The fourth-order valence-corrected chi connectivity index (χ4v) is 11.1. The molecule has 0 spiro atoms. The van der Waals surface area contributed by atoms with Crippen LogP contribution in [-0.2, 0) is 0 Å². The van der Waals surface area contributed by atoms with Crippen molar-refractivity contribution in [3.05, 3.63) is 205 Å². The number of hydrogen-bond acceptors (Lipinski definition) is 4. The normalized spacial score (nSPS) is 17.4. The average molecular weight is 812 g/mol. The number of aliphatic imine (C=N–C) groups is 2. The summed E-state index contributed by atoms with van der Waals surface area (Å²) in [5.41, 5.74) is 10.1. The van der Waals surface area contributed by atoms with E-state index in [1.165, 1.54) is 47.3 Å². The van der Waals surface area contributed by atoms with Crippen LogP contribution in [-0.4, -0.2) is 16.1 Å². The van der Waals surface area contributed by atoms with Crippen LogP contribution < -0.4 is 0 Å². The van der Waals surface area contributed by atoms with Gasteiger partial charge in [-0.2, -0.15) is 0 Å². The molecule has 9 aromatic carbocycles. The van der Waals surface area contributed by atoms with E-state index in [1.54, 1.807) is 0 Å². The highest BCUT2D eigenvalue weighted by molar-refractivity contribution is 7.26. The number of nitrogens with zero attached hydrogens (tertiary/aromatic N) is 3. The molecule has 13 rings (SSSR count).